The molecule has 0 spiro atoms. The summed E-state index contributed by atoms with van der Waals surface area (Å²) < 4.78 is 24.4. The largest absolute Gasteiger partial charge is 0.486 e. The second kappa shape index (κ2) is 6.22. The van der Waals surface area contributed by atoms with Crippen LogP contribution in [0.1, 0.15) is 19.8 Å². The third-order valence-electron chi connectivity index (χ3n) is 2.87. The summed E-state index contributed by atoms with van der Waals surface area (Å²) in [4.78, 5) is 0.313. The van der Waals surface area contributed by atoms with Crippen molar-refractivity contribution >= 4 is 27.5 Å². The SMILES string of the molecule is CCCOC1C(Br)CC1Oc1ccc(F)cc1Cl. The molecule has 0 saturated heterocycles. The Kier molecular flexibility index (Phi) is 4.87. The summed E-state index contributed by atoms with van der Waals surface area (Å²) in [5, 5.41) is 0.294. The van der Waals surface area contributed by atoms with Crippen molar-refractivity contribution in [3.63, 3.8) is 0 Å². The molecule has 1 aromatic carbocycles. The molecule has 1 aromatic rings. The van der Waals surface area contributed by atoms with Crippen molar-refractivity contribution in [2.45, 2.75) is 36.8 Å². The van der Waals surface area contributed by atoms with Gasteiger partial charge in [-0.2, -0.15) is 0 Å². The lowest BCUT2D eigenvalue weighted by atomic mass is 9.91. The van der Waals surface area contributed by atoms with E-state index in [1.165, 1.54) is 12.1 Å². The van der Waals surface area contributed by atoms with Crippen LogP contribution in [0.2, 0.25) is 5.02 Å². The average molecular weight is 338 g/mol. The fourth-order valence-electron chi connectivity index (χ4n) is 1.84. The standard InChI is InChI=1S/C13H15BrClFO2/c1-2-5-17-13-9(14)7-12(13)18-11-4-3-8(16)6-10(11)15/h3-4,6,9,12-13H,2,5,7H2,1H3. The first-order valence-corrected chi connectivity index (χ1v) is 7.28. The second-order valence-electron chi connectivity index (χ2n) is 4.32. The summed E-state index contributed by atoms with van der Waals surface area (Å²) >= 11 is 9.47. The maximum Gasteiger partial charge on any atom is 0.138 e. The van der Waals surface area contributed by atoms with E-state index in [1.807, 2.05) is 0 Å². The number of halogens is 3. The molecule has 1 fully saturated rings. The molecule has 0 aliphatic heterocycles. The van der Waals surface area contributed by atoms with E-state index >= 15 is 0 Å². The van der Waals surface area contributed by atoms with E-state index < -0.39 is 0 Å². The predicted octanol–water partition coefficient (Wildman–Crippen LogP) is 4.19. The Morgan fingerprint density at radius 3 is 2.89 bits per heavy atom. The second-order valence-corrected chi connectivity index (χ2v) is 5.90. The maximum atomic E-state index is 12.9. The van der Waals surface area contributed by atoms with Crippen molar-refractivity contribution in [3.05, 3.63) is 29.0 Å². The fraction of sp³-hybridized carbons (Fsp3) is 0.538. The van der Waals surface area contributed by atoms with E-state index in [1.54, 1.807) is 6.07 Å². The first-order valence-electron chi connectivity index (χ1n) is 5.99. The van der Waals surface area contributed by atoms with Crippen molar-refractivity contribution in [1.29, 1.82) is 0 Å². The van der Waals surface area contributed by atoms with E-state index in [2.05, 4.69) is 22.9 Å². The van der Waals surface area contributed by atoms with Gasteiger partial charge in [-0.15, -0.1) is 0 Å². The normalized spacial score (nSPS) is 26.8. The minimum atomic E-state index is -0.363. The summed E-state index contributed by atoms with van der Waals surface area (Å²) in [5.41, 5.74) is 0. The van der Waals surface area contributed by atoms with E-state index in [-0.39, 0.29) is 18.0 Å². The van der Waals surface area contributed by atoms with Gasteiger partial charge in [0.05, 0.1) is 5.02 Å². The van der Waals surface area contributed by atoms with Gasteiger partial charge >= 0.3 is 0 Å². The number of hydrogen-bond donors (Lipinski definition) is 0. The van der Waals surface area contributed by atoms with Gasteiger partial charge in [-0.25, -0.2) is 4.39 Å². The van der Waals surface area contributed by atoms with E-state index in [0.717, 1.165) is 12.8 Å². The molecule has 0 heterocycles. The van der Waals surface area contributed by atoms with Crippen LogP contribution in [0.5, 0.6) is 5.75 Å². The van der Waals surface area contributed by atoms with E-state index in [9.17, 15) is 4.39 Å². The topological polar surface area (TPSA) is 18.5 Å². The molecule has 0 N–H and O–H groups in total. The Morgan fingerprint density at radius 1 is 1.50 bits per heavy atom. The molecule has 2 rings (SSSR count). The van der Waals surface area contributed by atoms with Crippen LogP contribution >= 0.6 is 27.5 Å². The number of hydrogen-bond acceptors (Lipinski definition) is 2. The van der Waals surface area contributed by atoms with Crippen LogP contribution in [0.15, 0.2) is 18.2 Å². The van der Waals surface area contributed by atoms with Crippen LogP contribution in [-0.4, -0.2) is 23.6 Å². The summed E-state index contributed by atoms with van der Waals surface area (Å²) in [7, 11) is 0. The van der Waals surface area contributed by atoms with Crippen LogP contribution in [0, 0.1) is 5.82 Å². The molecule has 1 saturated carbocycles. The minimum absolute atomic E-state index is 0.0242. The van der Waals surface area contributed by atoms with Gasteiger partial charge in [-0.1, -0.05) is 34.5 Å². The Bertz CT molecular complexity index is 416. The Morgan fingerprint density at radius 2 is 2.28 bits per heavy atom. The zero-order chi connectivity index (χ0) is 13.1. The van der Waals surface area contributed by atoms with Crippen molar-refractivity contribution in [2.24, 2.45) is 0 Å². The number of benzene rings is 1. The molecule has 1 aliphatic carbocycles. The van der Waals surface area contributed by atoms with Crippen molar-refractivity contribution in [1.82, 2.24) is 0 Å². The molecule has 5 heteroatoms. The Hall–Kier alpha value is -0.320. The summed E-state index contributed by atoms with van der Waals surface area (Å²) in [6.07, 6.45) is 1.84. The predicted molar refractivity (Wildman–Crippen MR) is 73.2 cm³/mol. The highest BCUT2D eigenvalue weighted by Crippen LogP contribution is 2.36. The lowest BCUT2D eigenvalue weighted by molar-refractivity contribution is -0.0761. The number of rotatable bonds is 5. The third kappa shape index (κ3) is 3.16. The molecular weight excluding hydrogens is 322 g/mol. The fourth-order valence-corrected chi connectivity index (χ4v) is 2.92. The Balaban J connectivity index is 1.96. The van der Waals surface area contributed by atoms with Crippen LogP contribution in [0.25, 0.3) is 0 Å². The quantitative estimate of drug-likeness (QED) is 0.750. The highest BCUT2D eigenvalue weighted by atomic mass is 79.9. The van der Waals surface area contributed by atoms with Gasteiger partial charge in [-0.3, -0.25) is 0 Å². The highest BCUT2D eigenvalue weighted by Gasteiger charge is 2.42. The van der Waals surface area contributed by atoms with Gasteiger partial charge in [0, 0.05) is 17.9 Å². The summed E-state index contributed by atoms with van der Waals surface area (Å²) in [5.74, 6) is 0.144. The average Bonchev–Trinajstić information content (AvgIpc) is 2.32. The molecule has 100 valence electrons. The zero-order valence-corrected chi connectivity index (χ0v) is 12.4. The summed E-state index contributed by atoms with van der Waals surface area (Å²) in [6, 6.07) is 4.15. The van der Waals surface area contributed by atoms with Gasteiger partial charge in [-0.05, 0) is 24.6 Å². The third-order valence-corrected chi connectivity index (χ3v) is 4.06. The molecule has 3 atom stereocenters. The summed E-state index contributed by atoms with van der Waals surface area (Å²) in [6.45, 7) is 2.78. The molecule has 18 heavy (non-hydrogen) atoms. The molecule has 0 bridgehead atoms. The van der Waals surface area contributed by atoms with Gasteiger partial charge in [0.15, 0.2) is 0 Å². The molecular formula is C13H15BrClFO2. The molecule has 2 nitrogen and oxygen atoms in total. The lowest BCUT2D eigenvalue weighted by Gasteiger charge is -2.41. The smallest absolute Gasteiger partial charge is 0.138 e. The maximum absolute atomic E-state index is 12.9. The van der Waals surface area contributed by atoms with Crippen LogP contribution in [-0.2, 0) is 4.74 Å². The van der Waals surface area contributed by atoms with Gasteiger partial charge in [0.25, 0.3) is 0 Å². The monoisotopic (exact) mass is 336 g/mol. The highest BCUT2D eigenvalue weighted by molar-refractivity contribution is 9.09. The first kappa shape index (κ1) is 14.1. The van der Waals surface area contributed by atoms with E-state index in [4.69, 9.17) is 21.1 Å². The van der Waals surface area contributed by atoms with Crippen molar-refractivity contribution < 1.29 is 13.9 Å². The Labute approximate surface area is 120 Å². The van der Waals surface area contributed by atoms with Crippen LogP contribution in [0.4, 0.5) is 4.39 Å². The van der Waals surface area contributed by atoms with E-state index in [0.29, 0.717) is 22.2 Å². The number of alkyl halides is 1. The van der Waals surface area contributed by atoms with Crippen LogP contribution < -0.4 is 4.74 Å². The number of ether oxygens (including phenoxy) is 2. The lowest BCUT2D eigenvalue weighted by Crippen LogP contribution is -2.52. The minimum Gasteiger partial charge on any atom is -0.486 e. The van der Waals surface area contributed by atoms with Crippen molar-refractivity contribution in [3.8, 4) is 5.75 Å². The van der Waals surface area contributed by atoms with Crippen molar-refractivity contribution in [2.75, 3.05) is 6.61 Å². The van der Waals surface area contributed by atoms with Gasteiger partial charge in [0.1, 0.15) is 23.8 Å². The molecule has 1 aliphatic rings. The van der Waals surface area contributed by atoms with Gasteiger partial charge in [0.2, 0.25) is 0 Å². The molecule has 3 unspecified atom stereocenters. The molecule has 0 amide bonds. The first-order chi connectivity index (χ1) is 8.61. The molecule has 0 aromatic heterocycles. The van der Waals surface area contributed by atoms with Gasteiger partial charge < -0.3 is 9.47 Å². The molecule has 0 radical (unpaired) electrons. The zero-order valence-electron chi connectivity index (χ0n) is 10.0. The van der Waals surface area contributed by atoms with Crippen LogP contribution in [0.3, 0.4) is 0 Å².